The van der Waals surface area contributed by atoms with Gasteiger partial charge in [0, 0.05) is 37.3 Å². The van der Waals surface area contributed by atoms with Crippen molar-refractivity contribution in [2.45, 2.75) is 58.0 Å². The number of aromatic nitrogens is 1. The lowest BCUT2D eigenvalue weighted by Gasteiger charge is -2.27. The Labute approximate surface area is 187 Å². The molecule has 0 atom stereocenters. The van der Waals surface area contributed by atoms with Crippen LogP contribution < -0.4 is 14.8 Å². The van der Waals surface area contributed by atoms with Gasteiger partial charge in [-0.3, -0.25) is 19.4 Å². The Morgan fingerprint density at radius 1 is 1.00 bits per heavy atom. The molecule has 170 valence electrons. The molecule has 0 radical (unpaired) electrons. The normalized spacial score (nSPS) is 17.8. The SMILES string of the molecule is COc1cc(CC(=O)Nc2ccnc([C@H]3CC[C@@H](OC(C)=O)CC3)c2)ccc1OC(C)=O. The molecule has 8 nitrogen and oxygen atoms in total. The second-order valence-corrected chi connectivity index (χ2v) is 7.86. The Morgan fingerprint density at radius 3 is 2.41 bits per heavy atom. The predicted octanol–water partition coefficient (Wildman–Crippen LogP) is 3.79. The van der Waals surface area contributed by atoms with Gasteiger partial charge in [0.2, 0.25) is 5.91 Å². The lowest BCUT2D eigenvalue weighted by Crippen LogP contribution is -2.23. The standard InChI is InChI=1S/C24H28N2O6/c1-15(27)31-20-7-5-18(6-8-20)21-14-19(10-11-25-21)26-24(29)13-17-4-9-22(32-16(2)28)23(12-17)30-3/h4,9-12,14,18,20H,5-8,13H2,1-3H3,(H,25,26,29)/t18-,20+. The van der Waals surface area contributed by atoms with E-state index in [1.807, 2.05) is 6.07 Å². The quantitative estimate of drug-likeness (QED) is 0.516. The van der Waals surface area contributed by atoms with E-state index >= 15 is 0 Å². The van der Waals surface area contributed by atoms with Crippen LogP contribution in [-0.4, -0.2) is 36.0 Å². The van der Waals surface area contributed by atoms with Gasteiger partial charge in [0.1, 0.15) is 6.10 Å². The largest absolute Gasteiger partial charge is 0.493 e. The van der Waals surface area contributed by atoms with Crippen molar-refractivity contribution in [2.24, 2.45) is 0 Å². The highest BCUT2D eigenvalue weighted by molar-refractivity contribution is 5.92. The molecule has 1 aromatic carbocycles. The lowest BCUT2D eigenvalue weighted by molar-refractivity contribution is -0.147. The van der Waals surface area contributed by atoms with E-state index in [4.69, 9.17) is 14.2 Å². The van der Waals surface area contributed by atoms with Crippen LogP contribution in [0.2, 0.25) is 0 Å². The highest BCUT2D eigenvalue weighted by Crippen LogP contribution is 2.34. The number of ether oxygens (including phenoxy) is 3. The number of nitrogens with zero attached hydrogens (tertiary/aromatic N) is 1. The zero-order valence-electron chi connectivity index (χ0n) is 18.6. The first-order valence-electron chi connectivity index (χ1n) is 10.6. The number of hydrogen-bond donors (Lipinski definition) is 1. The van der Waals surface area contributed by atoms with Crippen LogP contribution in [0.5, 0.6) is 11.5 Å². The first kappa shape index (κ1) is 23.2. The summed E-state index contributed by atoms with van der Waals surface area (Å²) in [6.07, 6.45) is 5.22. The summed E-state index contributed by atoms with van der Waals surface area (Å²) in [4.78, 5) is 39.4. The number of amides is 1. The Hall–Kier alpha value is -3.42. The molecule has 1 aromatic heterocycles. The van der Waals surface area contributed by atoms with E-state index in [1.54, 1.807) is 30.5 Å². The number of nitrogens with one attached hydrogen (secondary N) is 1. The van der Waals surface area contributed by atoms with Crippen molar-refractivity contribution in [3.63, 3.8) is 0 Å². The van der Waals surface area contributed by atoms with E-state index < -0.39 is 5.97 Å². The maximum atomic E-state index is 12.6. The van der Waals surface area contributed by atoms with Crippen LogP contribution >= 0.6 is 0 Å². The molecule has 1 aliphatic rings. The summed E-state index contributed by atoms with van der Waals surface area (Å²) in [5.74, 6) is 0.115. The number of hydrogen-bond acceptors (Lipinski definition) is 7. The number of rotatable bonds is 7. The number of anilines is 1. The monoisotopic (exact) mass is 440 g/mol. The van der Waals surface area contributed by atoms with Crippen molar-refractivity contribution in [3.05, 3.63) is 47.8 Å². The van der Waals surface area contributed by atoms with Crippen LogP contribution in [0.3, 0.4) is 0 Å². The minimum Gasteiger partial charge on any atom is -0.493 e. The molecule has 0 aliphatic heterocycles. The molecule has 0 bridgehead atoms. The van der Waals surface area contributed by atoms with Gasteiger partial charge in [-0.05, 0) is 55.5 Å². The van der Waals surface area contributed by atoms with Gasteiger partial charge in [-0.15, -0.1) is 0 Å². The molecule has 0 spiro atoms. The van der Waals surface area contributed by atoms with Crippen molar-refractivity contribution in [1.29, 1.82) is 0 Å². The third kappa shape index (κ3) is 6.54. The fourth-order valence-electron chi connectivity index (χ4n) is 3.91. The molecule has 0 unspecified atom stereocenters. The highest BCUT2D eigenvalue weighted by atomic mass is 16.6. The molecule has 2 aromatic rings. The van der Waals surface area contributed by atoms with Crippen molar-refractivity contribution < 1.29 is 28.6 Å². The van der Waals surface area contributed by atoms with Crippen LogP contribution in [0.15, 0.2) is 36.5 Å². The number of esters is 2. The van der Waals surface area contributed by atoms with Crippen molar-refractivity contribution in [1.82, 2.24) is 4.98 Å². The molecule has 1 amide bonds. The summed E-state index contributed by atoms with van der Waals surface area (Å²) in [7, 11) is 1.48. The summed E-state index contributed by atoms with van der Waals surface area (Å²) in [5, 5.41) is 2.91. The van der Waals surface area contributed by atoms with E-state index in [0.29, 0.717) is 17.2 Å². The molecule has 3 rings (SSSR count). The van der Waals surface area contributed by atoms with Crippen LogP contribution in [0.1, 0.15) is 56.7 Å². The average molecular weight is 440 g/mol. The molecule has 32 heavy (non-hydrogen) atoms. The van der Waals surface area contributed by atoms with E-state index in [2.05, 4.69) is 10.3 Å². The van der Waals surface area contributed by atoms with Gasteiger partial charge in [-0.2, -0.15) is 0 Å². The zero-order chi connectivity index (χ0) is 23.1. The summed E-state index contributed by atoms with van der Waals surface area (Å²) in [6, 6.07) is 8.67. The van der Waals surface area contributed by atoms with Crippen molar-refractivity contribution in [2.75, 3.05) is 12.4 Å². The van der Waals surface area contributed by atoms with Gasteiger partial charge in [-0.25, -0.2) is 0 Å². The summed E-state index contributed by atoms with van der Waals surface area (Å²) >= 11 is 0. The first-order chi connectivity index (χ1) is 15.3. The Balaban J connectivity index is 1.59. The number of carbonyl (C=O) groups is 3. The van der Waals surface area contributed by atoms with E-state index in [-0.39, 0.29) is 30.3 Å². The van der Waals surface area contributed by atoms with Gasteiger partial charge < -0.3 is 19.5 Å². The van der Waals surface area contributed by atoms with Gasteiger partial charge >= 0.3 is 11.9 Å². The topological polar surface area (TPSA) is 104 Å². The zero-order valence-corrected chi connectivity index (χ0v) is 18.6. The summed E-state index contributed by atoms with van der Waals surface area (Å²) < 4.78 is 15.6. The van der Waals surface area contributed by atoms with E-state index in [1.165, 1.54) is 21.0 Å². The fourth-order valence-corrected chi connectivity index (χ4v) is 3.91. The Bertz CT molecular complexity index is 982. The number of methoxy groups -OCH3 is 1. The first-order valence-corrected chi connectivity index (χ1v) is 10.6. The molecule has 1 saturated carbocycles. The third-order valence-electron chi connectivity index (χ3n) is 5.34. The van der Waals surface area contributed by atoms with Crippen LogP contribution in [0.4, 0.5) is 5.69 Å². The number of benzene rings is 1. The van der Waals surface area contributed by atoms with E-state index in [0.717, 1.165) is 36.9 Å². The maximum Gasteiger partial charge on any atom is 0.308 e. The number of carbonyl (C=O) groups excluding carboxylic acids is 3. The van der Waals surface area contributed by atoms with Crippen molar-refractivity contribution in [3.8, 4) is 11.5 Å². The second kappa shape index (κ2) is 10.7. The Kier molecular flexibility index (Phi) is 7.81. The van der Waals surface area contributed by atoms with Gasteiger partial charge in [-0.1, -0.05) is 6.07 Å². The molecule has 1 heterocycles. The molecular weight excluding hydrogens is 412 g/mol. The van der Waals surface area contributed by atoms with Crippen LogP contribution in [0.25, 0.3) is 0 Å². The van der Waals surface area contributed by atoms with E-state index in [9.17, 15) is 14.4 Å². The van der Waals surface area contributed by atoms with Crippen molar-refractivity contribution >= 4 is 23.5 Å². The summed E-state index contributed by atoms with van der Waals surface area (Å²) in [6.45, 7) is 2.75. The summed E-state index contributed by atoms with van der Waals surface area (Å²) in [5.41, 5.74) is 2.34. The molecule has 8 heteroatoms. The maximum absolute atomic E-state index is 12.6. The number of pyridine rings is 1. The second-order valence-electron chi connectivity index (χ2n) is 7.86. The minimum absolute atomic E-state index is 0.0177. The molecular formula is C24H28N2O6. The minimum atomic E-state index is -0.442. The average Bonchev–Trinajstić information content (AvgIpc) is 2.74. The third-order valence-corrected chi connectivity index (χ3v) is 5.34. The van der Waals surface area contributed by atoms with Gasteiger partial charge in [0.15, 0.2) is 11.5 Å². The van der Waals surface area contributed by atoms with Gasteiger partial charge in [0.25, 0.3) is 0 Å². The molecule has 0 saturated heterocycles. The van der Waals surface area contributed by atoms with Crippen LogP contribution in [-0.2, 0) is 25.5 Å². The van der Waals surface area contributed by atoms with Crippen LogP contribution in [0, 0.1) is 0 Å². The molecule has 1 aliphatic carbocycles. The fraction of sp³-hybridized carbons (Fsp3) is 0.417. The Morgan fingerprint density at radius 2 is 1.75 bits per heavy atom. The lowest BCUT2D eigenvalue weighted by atomic mass is 9.85. The highest BCUT2D eigenvalue weighted by Gasteiger charge is 2.25. The van der Waals surface area contributed by atoms with Gasteiger partial charge in [0.05, 0.1) is 13.5 Å². The smallest absolute Gasteiger partial charge is 0.308 e. The predicted molar refractivity (Wildman–Crippen MR) is 118 cm³/mol. The molecule has 1 fully saturated rings. The molecule has 1 N–H and O–H groups in total.